The summed E-state index contributed by atoms with van der Waals surface area (Å²) >= 11 is 0.911. The molecule has 0 spiro atoms. The predicted octanol–water partition coefficient (Wildman–Crippen LogP) is 3.38. The topological polar surface area (TPSA) is 76.1 Å². The van der Waals surface area contributed by atoms with Gasteiger partial charge in [0.25, 0.3) is 0 Å². The van der Waals surface area contributed by atoms with Crippen LogP contribution in [0.1, 0.15) is 6.42 Å². The molecule has 1 aromatic heterocycles. The van der Waals surface area contributed by atoms with Gasteiger partial charge in [-0.05, 0) is 18.2 Å². The van der Waals surface area contributed by atoms with Crippen molar-refractivity contribution in [2.75, 3.05) is 11.1 Å². The van der Waals surface area contributed by atoms with Gasteiger partial charge in [0.2, 0.25) is 5.91 Å². The van der Waals surface area contributed by atoms with Crippen molar-refractivity contribution in [1.29, 1.82) is 0 Å². The molecule has 0 aliphatic rings. The zero-order valence-electron chi connectivity index (χ0n) is 12.7. The Bertz CT molecular complexity index is 1030. The second-order valence-corrected chi connectivity index (χ2v) is 8.32. The summed E-state index contributed by atoms with van der Waals surface area (Å²) in [7, 11) is -3.57. The molecule has 0 fully saturated rings. The Kier molecular flexibility index (Phi) is 4.78. The van der Waals surface area contributed by atoms with Crippen molar-refractivity contribution in [1.82, 2.24) is 4.98 Å². The maximum absolute atomic E-state index is 13.6. The zero-order valence-corrected chi connectivity index (χ0v) is 14.3. The quantitative estimate of drug-likeness (QED) is 0.734. The first-order valence-electron chi connectivity index (χ1n) is 7.18. The number of benzene rings is 2. The van der Waals surface area contributed by atoms with E-state index in [2.05, 4.69) is 10.3 Å². The fourth-order valence-corrected chi connectivity index (χ4v) is 4.35. The van der Waals surface area contributed by atoms with Crippen LogP contribution in [0.2, 0.25) is 0 Å². The van der Waals surface area contributed by atoms with Crippen molar-refractivity contribution in [3.05, 3.63) is 54.1 Å². The summed E-state index contributed by atoms with van der Waals surface area (Å²) in [6.45, 7) is 0. The molecule has 1 heterocycles. The van der Waals surface area contributed by atoms with Gasteiger partial charge in [0.05, 0.1) is 15.3 Å². The SMILES string of the molecule is O=C(CCS(=O)(=O)c1ccccc1)Nc1nc2c(F)cc(F)cc2s1. The number of rotatable bonds is 5. The van der Waals surface area contributed by atoms with Crippen molar-refractivity contribution < 1.29 is 22.0 Å². The third kappa shape index (κ3) is 3.99. The predicted molar refractivity (Wildman–Crippen MR) is 91.3 cm³/mol. The molecule has 0 unspecified atom stereocenters. The number of nitrogens with zero attached hydrogens (tertiary/aromatic N) is 1. The molecule has 1 amide bonds. The van der Waals surface area contributed by atoms with Crippen LogP contribution in [0.4, 0.5) is 13.9 Å². The van der Waals surface area contributed by atoms with Crippen LogP contribution in [0.25, 0.3) is 10.2 Å². The summed E-state index contributed by atoms with van der Waals surface area (Å²) in [5, 5.41) is 2.50. The zero-order chi connectivity index (χ0) is 18.0. The number of anilines is 1. The molecular weight excluding hydrogens is 370 g/mol. The van der Waals surface area contributed by atoms with E-state index in [1.165, 1.54) is 12.1 Å². The second kappa shape index (κ2) is 6.85. The Morgan fingerprint density at radius 1 is 1.16 bits per heavy atom. The van der Waals surface area contributed by atoms with E-state index in [1.54, 1.807) is 18.2 Å². The smallest absolute Gasteiger partial charge is 0.227 e. The molecule has 0 atom stereocenters. The highest BCUT2D eigenvalue weighted by molar-refractivity contribution is 7.91. The number of amides is 1. The van der Waals surface area contributed by atoms with Gasteiger partial charge in [-0.15, -0.1) is 0 Å². The molecule has 3 rings (SSSR count). The van der Waals surface area contributed by atoms with Gasteiger partial charge in [-0.1, -0.05) is 29.5 Å². The number of carbonyl (C=O) groups is 1. The molecule has 25 heavy (non-hydrogen) atoms. The van der Waals surface area contributed by atoms with Crippen LogP contribution in [0, 0.1) is 11.6 Å². The molecule has 9 heteroatoms. The van der Waals surface area contributed by atoms with Gasteiger partial charge < -0.3 is 5.32 Å². The minimum atomic E-state index is -3.57. The third-order valence-electron chi connectivity index (χ3n) is 3.36. The molecule has 0 saturated carbocycles. The Labute approximate surface area is 146 Å². The summed E-state index contributed by atoms with van der Waals surface area (Å²) in [5.41, 5.74) is -0.0430. The first kappa shape index (κ1) is 17.4. The molecule has 0 aliphatic carbocycles. The maximum Gasteiger partial charge on any atom is 0.227 e. The molecule has 0 bridgehead atoms. The van der Waals surface area contributed by atoms with E-state index >= 15 is 0 Å². The van der Waals surface area contributed by atoms with Crippen LogP contribution < -0.4 is 5.32 Å². The van der Waals surface area contributed by atoms with E-state index in [9.17, 15) is 22.0 Å². The van der Waals surface area contributed by atoms with E-state index in [0.717, 1.165) is 17.4 Å². The minimum Gasteiger partial charge on any atom is -0.302 e. The summed E-state index contributed by atoms with van der Waals surface area (Å²) < 4.78 is 51.3. The average molecular weight is 382 g/mol. The number of thiazole rings is 1. The van der Waals surface area contributed by atoms with Crippen LogP contribution in [0.3, 0.4) is 0 Å². The summed E-state index contributed by atoms with van der Waals surface area (Å²) in [6.07, 6.45) is -0.274. The lowest BCUT2D eigenvalue weighted by Gasteiger charge is -2.04. The number of carbonyl (C=O) groups excluding carboxylic acids is 1. The van der Waals surface area contributed by atoms with E-state index in [4.69, 9.17) is 0 Å². The fourth-order valence-electron chi connectivity index (χ4n) is 2.17. The Hall–Kier alpha value is -2.39. The van der Waals surface area contributed by atoms with Crippen molar-refractivity contribution in [2.24, 2.45) is 0 Å². The number of halogens is 2. The molecule has 130 valence electrons. The largest absolute Gasteiger partial charge is 0.302 e. The van der Waals surface area contributed by atoms with Crippen LogP contribution in [0.5, 0.6) is 0 Å². The van der Waals surface area contributed by atoms with Crippen molar-refractivity contribution in [3.63, 3.8) is 0 Å². The van der Waals surface area contributed by atoms with E-state index < -0.39 is 27.4 Å². The number of sulfone groups is 1. The second-order valence-electron chi connectivity index (χ2n) is 5.18. The molecule has 0 aliphatic heterocycles. The standard InChI is InChI=1S/C16H12F2N2O3S2/c17-10-8-12(18)15-13(9-10)24-16(20-15)19-14(21)6-7-25(22,23)11-4-2-1-3-5-11/h1-5,8-9H,6-7H2,(H,19,20,21). The average Bonchev–Trinajstić information content (AvgIpc) is 2.96. The highest BCUT2D eigenvalue weighted by Gasteiger charge is 2.17. The van der Waals surface area contributed by atoms with Crippen LogP contribution in [-0.2, 0) is 14.6 Å². The lowest BCUT2D eigenvalue weighted by Crippen LogP contribution is -2.17. The minimum absolute atomic E-state index is 0.0430. The Morgan fingerprint density at radius 2 is 1.88 bits per heavy atom. The lowest BCUT2D eigenvalue weighted by atomic mass is 10.3. The van der Waals surface area contributed by atoms with E-state index in [1.807, 2.05) is 0 Å². The first-order valence-corrected chi connectivity index (χ1v) is 9.65. The highest BCUT2D eigenvalue weighted by atomic mass is 32.2. The van der Waals surface area contributed by atoms with Crippen LogP contribution >= 0.6 is 11.3 Å². The number of hydrogen-bond donors (Lipinski definition) is 1. The van der Waals surface area contributed by atoms with Crippen LogP contribution in [-0.4, -0.2) is 25.1 Å². The molecule has 0 saturated heterocycles. The highest BCUT2D eigenvalue weighted by Crippen LogP contribution is 2.28. The molecule has 0 radical (unpaired) electrons. The fraction of sp³-hybridized carbons (Fsp3) is 0.125. The van der Waals surface area contributed by atoms with Gasteiger partial charge >= 0.3 is 0 Å². The van der Waals surface area contributed by atoms with Gasteiger partial charge in [-0.3, -0.25) is 4.79 Å². The molecule has 2 aromatic carbocycles. The summed E-state index contributed by atoms with van der Waals surface area (Å²) in [5.74, 6) is -2.49. The lowest BCUT2D eigenvalue weighted by molar-refractivity contribution is -0.115. The van der Waals surface area contributed by atoms with Gasteiger partial charge in [0.1, 0.15) is 11.3 Å². The molecule has 1 N–H and O–H groups in total. The summed E-state index contributed by atoms with van der Waals surface area (Å²) in [6, 6.07) is 9.63. The first-order chi connectivity index (χ1) is 11.8. The van der Waals surface area contributed by atoms with E-state index in [0.29, 0.717) is 6.07 Å². The number of aromatic nitrogens is 1. The third-order valence-corrected chi connectivity index (χ3v) is 6.01. The number of hydrogen-bond acceptors (Lipinski definition) is 5. The van der Waals surface area contributed by atoms with Crippen molar-refractivity contribution in [2.45, 2.75) is 11.3 Å². The maximum atomic E-state index is 13.6. The molecular formula is C16H12F2N2O3S2. The Balaban J connectivity index is 1.68. The van der Waals surface area contributed by atoms with Gasteiger partial charge in [-0.2, -0.15) is 0 Å². The van der Waals surface area contributed by atoms with E-state index in [-0.39, 0.29) is 32.4 Å². The normalized spacial score (nSPS) is 11.6. The van der Waals surface area contributed by atoms with Gasteiger partial charge in [0.15, 0.2) is 20.8 Å². The van der Waals surface area contributed by atoms with Gasteiger partial charge in [0, 0.05) is 12.5 Å². The number of nitrogens with one attached hydrogen (secondary N) is 1. The monoisotopic (exact) mass is 382 g/mol. The summed E-state index contributed by atoms with van der Waals surface area (Å²) in [4.78, 5) is 16.0. The molecule has 5 nitrogen and oxygen atoms in total. The van der Waals surface area contributed by atoms with Crippen LogP contribution in [0.15, 0.2) is 47.4 Å². The van der Waals surface area contributed by atoms with Crippen molar-refractivity contribution >= 4 is 42.4 Å². The Morgan fingerprint density at radius 3 is 2.60 bits per heavy atom. The molecule has 3 aromatic rings. The number of fused-ring (bicyclic) bond motifs is 1. The van der Waals surface area contributed by atoms with Crippen molar-refractivity contribution in [3.8, 4) is 0 Å². The van der Waals surface area contributed by atoms with Gasteiger partial charge in [-0.25, -0.2) is 22.2 Å².